The SMILES string of the molecule is COc1cc(C(=O)Nc2ccc(-c3ccccc3C(F)(F)F)c(C=O)c2)ccc1S(=O)(=O)NC(C)(C)C. The minimum atomic E-state index is -4.62. The molecule has 0 aliphatic heterocycles. The summed E-state index contributed by atoms with van der Waals surface area (Å²) in [5.74, 6) is -0.705. The second kappa shape index (κ2) is 10.3. The normalized spacial score (nSPS) is 12.2. The molecule has 0 radical (unpaired) electrons. The molecular formula is C26H25F3N2O5S. The van der Waals surface area contributed by atoms with Gasteiger partial charge in [0.1, 0.15) is 10.6 Å². The number of hydrogen-bond acceptors (Lipinski definition) is 5. The van der Waals surface area contributed by atoms with E-state index in [2.05, 4.69) is 10.0 Å². The first-order valence-electron chi connectivity index (χ1n) is 11.0. The van der Waals surface area contributed by atoms with Gasteiger partial charge in [-0.1, -0.05) is 24.3 Å². The number of alkyl halides is 3. The monoisotopic (exact) mass is 534 g/mol. The van der Waals surface area contributed by atoms with E-state index in [0.29, 0.717) is 6.29 Å². The largest absolute Gasteiger partial charge is 0.495 e. The lowest BCUT2D eigenvalue weighted by Crippen LogP contribution is -2.40. The van der Waals surface area contributed by atoms with Gasteiger partial charge in [-0.25, -0.2) is 13.1 Å². The molecule has 0 aliphatic rings. The first-order chi connectivity index (χ1) is 17.2. The summed E-state index contributed by atoms with van der Waals surface area (Å²) >= 11 is 0. The van der Waals surface area contributed by atoms with Gasteiger partial charge in [0.15, 0.2) is 6.29 Å². The van der Waals surface area contributed by atoms with Crippen molar-refractivity contribution < 1.29 is 35.9 Å². The Morgan fingerprint density at radius 1 is 0.946 bits per heavy atom. The van der Waals surface area contributed by atoms with Gasteiger partial charge in [-0.15, -0.1) is 0 Å². The van der Waals surface area contributed by atoms with Gasteiger partial charge in [-0.05, 0) is 68.3 Å². The van der Waals surface area contributed by atoms with Gasteiger partial charge >= 0.3 is 6.18 Å². The van der Waals surface area contributed by atoms with Crippen LogP contribution in [0.25, 0.3) is 11.1 Å². The predicted molar refractivity (Wildman–Crippen MR) is 133 cm³/mol. The van der Waals surface area contributed by atoms with Crippen LogP contribution in [-0.2, 0) is 16.2 Å². The number of amides is 1. The van der Waals surface area contributed by atoms with Crippen molar-refractivity contribution in [2.75, 3.05) is 12.4 Å². The number of benzene rings is 3. The standard InChI is InChI=1S/C26H25F3N2O5S/c1-25(2,3)31-37(34,35)23-12-9-16(14-22(23)36-4)24(33)30-18-10-11-19(17(13-18)15-32)20-7-5-6-8-21(20)26(27,28)29/h5-15,31H,1-4H3,(H,30,33). The van der Waals surface area contributed by atoms with Crippen LogP contribution in [-0.4, -0.2) is 33.3 Å². The van der Waals surface area contributed by atoms with Crippen molar-refractivity contribution in [3.63, 3.8) is 0 Å². The van der Waals surface area contributed by atoms with Crippen molar-refractivity contribution in [2.24, 2.45) is 0 Å². The molecule has 196 valence electrons. The van der Waals surface area contributed by atoms with Crippen molar-refractivity contribution in [2.45, 2.75) is 37.4 Å². The van der Waals surface area contributed by atoms with E-state index in [4.69, 9.17) is 4.74 Å². The van der Waals surface area contributed by atoms with Crippen molar-refractivity contribution in [3.8, 4) is 16.9 Å². The maximum absolute atomic E-state index is 13.5. The third-order valence-electron chi connectivity index (χ3n) is 5.11. The molecule has 0 spiro atoms. The van der Waals surface area contributed by atoms with Gasteiger partial charge in [0.05, 0.1) is 12.7 Å². The smallest absolute Gasteiger partial charge is 0.417 e. The second-order valence-electron chi connectivity index (χ2n) is 9.14. The molecule has 0 fully saturated rings. The molecule has 0 saturated heterocycles. The zero-order valence-corrected chi connectivity index (χ0v) is 21.3. The van der Waals surface area contributed by atoms with Crippen LogP contribution in [0.4, 0.5) is 18.9 Å². The van der Waals surface area contributed by atoms with E-state index in [-0.39, 0.29) is 38.6 Å². The second-order valence-corrected chi connectivity index (χ2v) is 10.8. The highest BCUT2D eigenvalue weighted by atomic mass is 32.2. The Hall–Kier alpha value is -3.70. The molecule has 2 N–H and O–H groups in total. The summed E-state index contributed by atoms with van der Waals surface area (Å²) in [5, 5.41) is 2.56. The van der Waals surface area contributed by atoms with E-state index in [1.807, 2.05) is 0 Å². The van der Waals surface area contributed by atoms with Crippen LogP contribution in [0.1, 0.15) is 47.1 Å². The quantitative estimate of drug-likeness (QED) is 0.389. The molecule has 7 nitrogen and oxygen atoms in total. The minimum absolute atomic E-state index is 0.0539. The zero-order valence-electron chi connectivity index (χ0n) is 20.4. The summed E-state index contributed by atoms with van der Waals surface area (Å²) in [6, 6.07) is 12.6. The maximum atomic E-state index is 13.5. The Bertz CT molecular complexity index is 1450. The molecule has 0 aromatic heterocycles. The highest BCUT2D eigenvalue weighted by molar-refractivity contribution is 7.89. The number of ether oxygens (including phenoxy) is 1. The first-order valence-corrected chi connectivity index (χ1v) is 12.4. The number of halogens is 3. The fourth-order valence-electron chi connectivity index (χ4n) is 3.64. The molecule has 0 bridgehead atoms. The molecule has 37 heavy (non-hydrogen) atoms. The maximum Gasteiger partial charge on any atom is 0.417 e. The fraction of sp³-hybridized carbons (Fsp3) is 0.231. The van der Waals surface area contributed by atoms with Crippen LogP contribution in [0.15, 0.2) is 65.6 Å². The highest BCUT2D eigenvalue weighted by Gasteiger charge is 2.33. The number of rotatable bonds is 7. The summed E-state index contributed by atoms with van der Waals surface area (Å²) in [7, 11) is -2.68. The highest BCUT2D eigenvalue weighted by Crippen LogP contribution is 2.38. The van der Waals surface area contributed by atoms with E-state index in [1.54, 1.807) is 20.8 Å². The van der Waals surface area contributed by atoms with Crippen LogP contribution in [0.3, 0.4) is 0 Å². The van der Waals surface area contributed by atoms with Gasteiger partial charge in [0, 0.05) is 22.4 Å². The average molecular weight is 535 g/mol. The van der Waals surface area contributed by atoms with Crippen molar-refractivity contribution in [1.82, 2.24) is 4.72 Å². The molecule has 11 heteroatoms. The van der Waals surface area contributed by atoms with Crippen LogP contribution >= 0.6 is 0 Å². The van der Waals surface area contributed by atoms with Crippen LogP contribution in [0, 0.1) is 0 Å². The number of carbonyl (C=O) groups is 2. The van der Waals surface area contributed by atoms with Crippen molar-refractivity contribution >= 4 is 27.9 Å². The molecule has 0 unspecified atom stereocenters. The van der Waals surface area contributed by atoms with Crippen molar-refractivity contribution in [3.05, 3.63) is 77.4 Å². The molecule has 3 rings (SSSR count). The summed E-state index contributed by atoms with van der Waals surface area (Å²) in [6.07, 6.45) is -4.21. The average Bonchev–Trinajstić information content (AvgIpc) is 2.81. The lowest BCUT2D eigenvalue weighted by Gasteiger charge is -2.21. The predicted octanol–water partition coefficient (Wildman–Crippen LogP) is 5.52. The molecule has 1 amide bonds. The van der Waals surface area contributed by atoms with Gasteiger partial charge in [0.2, 0.25) is 10.0 Å². The number of hydrogen-bond donors (Lipinski definition) is 2. The Labute approximate surface area is 212 Å². The Kier molecular flexibility index (Phi) is 7.80. The van der Waals surface area contributed by atoms with Crippen LogP contribution in [0.2, 0.25) is 0 Å². The molecular weight excluding hydrogens is 509 g/mol. The van der Waals surface area contributed by atoms with E-state index < -0.39 is 33.2 Å². The molecule has 0 saturated carbocycles. The number of methoxy groups -OCH3 is 1. The Morgan fingerprint density at radius 3 is 2.22 bits per heavy atom. The zero-order chi connectivity index (χ0) is 27.6. The van der Waals surface area contributed by atoms with Gasteiger partial charge in [0.25, 0.3) is 5.91 Å². The summed E-state index contributed by atoms with van der Waals surface area (Å²) in [5.41, 5.74) is -1.58. The Balaban J connectivity index is 1.92. The third-order valence-corrected chi connectivity index (χ3v) is 6.91. The van der Waals surface area contributed by atoms with Crippen LogP contribution in [0.5, 0.6) is 5.75 Å². The number of nitrogens with one attached hydrogen (secondary N) is 2. The molecule has 3 aromatic rings. The lowest BCUT2D eigenvalue weighted by molar-refractivity contribution is -0.137. The number of sulfonamides is 1. The lowest BCUT2D eigenvalue weighted by atomic mass is 9.95. The first kappa shape index (κ1) is 27.9. The summed E-state index contributed by atoms with van der Waals surface area (Å²) < 4.78 is 73.5. The Morgan fingerprint density at radius 2 is 1.62 bits per heavy atom. The van der Waals surface area contributed by atoms with Crippen molar-refractivity contribution in [1.29, 1.82) is 0 Å². The van der Waals surface area contributed by atoms with E-state index >= 15 is 0 Å². The van der Waals surface area contributed by atoms with Gasteiger partial charge < -0.3 is 10.1 Å². The molecule has 0 aliphatic carbocycles. The third kappa shape index (κ3) is 6.55. The van der Waals surface area contributed by atoms with Crippen LogP contribution < -0.4 is 14.8 Å². The van der Waals surface area contributed by atoms with E-state index in [1.165, 1.54) is 61.7 Å². The number of aldehydes is 1. The topological polar surface area (TPSA) is 102 Å². The summed E-state index contributed by atoms with van der Waals surface area (Å²) in [6.45, 7) is 5.04. The molecule has 0 atom stereocenters. The van der Waals surface area contributed by atoms with Gasteiger partial charge in [-0.2, -0.15) is 13.2 Å². The van der Waals surface area contributed by atoms with E-state index in [9.17, 15) is 31.2 Å². The number of carbonyl (C=O) groups excluding carboxylic acids is 2. The fourth-order valence-corrected chi connectivity index (χ4v) is 5.21. The van der Waals surface area contributed by atoms with E-state index in [0.717, 1.165) is 6.07 Å². The number of anilines is 1. The minimum Gasteiger partial charge on any atom is -0.495 e. The molecule has 3 aromatic carbocycles. The molecule has 0 heterocycles. The van der Waals surface area contributed by atoms with Gasteiger partial charge in [-0.3, -0.25) is 9.59 Å². The summed E-state index contributed by atoms with van der Waals surface area (Å²) in [4.78, 5) is 24.4.